The minimum absolute atomic E-state index is 0.0399. The molecule has 5 heteroatoms. The number of hydrogen-bond acceptors (Lipinski definition) is 2. The van der Waals surface area contributed by atoms with Crippen LogP contribution in [0.4, 0.5) is 13.2 Å². The lowest BCUT2D eigenvalue weighted by molar-refractivity contribution is -0.138. The Morgan fingerprint density at radius 1 is 0.969 bits per heavy atom. The molecule has 0 fully saturated rings. The molecule has 0 radical (unpaired) electrons. The molecule has 2 atom stereocenters. The van der Waals surface area contributed by atoms with Gasteiger partial charge in [0.2, 0.25) is 0 Å². The van der Waals surface area contributed by atoms with Crippen molar-refractivity contribution in [2.75, 3.05) is 0 Å². The molecular formula is C27H35F3N2. The summed E-state index contributed by atoms with van der Waals surface area (Å²) in [5.74, 6) is 0. The average molecular weight is 445 g/mol. The first-order valence-electron chi connectivity index (χ1n) is 11.3. The van der Waals surface area contributed by atoms with Crippen LogP contribution in [0, 0.1) is 6.92 Å². The molecule has 2 nitrogen and oxygen atoms in total. The van der Waals surface area contributed by atoms with Crippen molar-refractivity contribution in [3.05, 3.63) is 94.3 Å². The number of benzene rings is 2. The van der Waals surface area contributed by atoms with Crippen LogP contribution in [0.15, 0.2) is 72.1 Å². The van der Waals surface area contributed by atoms with Gasteiger partial charge >= 0.3 is 6.18 Å². The largest absolute Gasteiger partial charge is 0.416 e. The zero-order valence-corrected chi connectivity index (χ0v) is 19.7. The van der Waals surface area contributed by atoms with E-state index in [4.69, 9.17) is 0 Å². The molecule has 0 amide bonds. The second-order valence-corrected chi connectivity index (χ2v) is 8.23. The third-order valence-electron chi connectivity index (χ3n) is 5.45. The van der Waals surface area contributed by atoms with Crippen LogP contribution in [0.2, 0.25) is 0 Å². The van der Waals surface area contributed by atoms with Gasteiger partial charge in [0.25, 0.3) is 0 Å². The Balaban J connectivity index is 0.000000654. The fraction of sp³-hybridized carbons (Fsp3) is 0.407. The van der Waals surface area contributed by atoms with E-state index in [0.29, 0.717) is 0 Å². The third kappa shape index (κ3) is 7.18. The quantitative estimate of drug-likeness (QED) is 0.472. The first kappa shape index (κ1) is 25.6. The van der Waals surface area contributed by atoms with Gasteiger partial charge in [-0.25, -0.2) is 0 Å². The van der Waals surface area contributed by atoms with E-state index in [9.17, 15) is 13.2 Å². The first-order valence-corrected chi connectivity index (χ1v) is 11.3. The lowest BCUT2D eigenvalue weighted by Gasteiger charge is -2.28. The second kappa shape index (κ2) is 11.8. The average Bonchev–Trinajstić information content (AvgIpc) is 2.74. The van der Waals surface area contributed by atoms with E-state index in [0.717, 1.165) is 23.0 Å². The Bertz CT molecular complexity index is 926. The highest BCUT2D eigenvalue weighted by atomic mass is 19.4. The molecule has 1 heterocycles. The standard InChI is InChI=1S/C22H23F3N2.C5H12/c1-14-8-4-5-9-18(14)16(3)27-17-12-15(2)26-21(13-17)19-10-6-7-11-20(19)22(23,24)25;1-3-5-4-2/h4-13,16,21,26-27H,1-3H3;3-5H2,1-2H3. The van der Waals surface area contributed by atoms with Gasteiger partial charge in [-0.3, -0.25) is 0 Å². The molecule has 2 aromatic rings. The van der Waals surface area contributed by atoms with Crippen LogP contribution in [0.1, 0.15) is 81.3 Å². The molecule has 0 spiro atoms. The Kier molecular flexibility index (Phi) is 9.42. The predicted molar refractivity (Wildman–Crippen MR) is 127 cm³/mol. The van der Waals surface area contributed by atoms with E-state index in [1.807, 2.05) is 51.1 Å². The van der Waals surface area contributed by atoms with Crippen molar-refractivity contribution >= 4 is 0 Å². The van der Waals surface area contributed by atoms with Crippen LogP contribution in [-0.4, -0.2) is 0 Å². The van der Waals surface area contributed by atoms with Gasteiger partial charge in [0, 0.05) is 17.4 Å². The van der Waals surface area contributed by atoms with Crippen LogP contribution in [0.25, 0.3) is 0 Å². The van der Waals surface area contributed by atoms with Crippen LogP contribution >= 0.6 is 0 Å². The summed E-state index contributed by atoms with van der Waals surface area (Å²) in [7, 11) is 0. The monoisotopic (exact) mass is 444 g/mol. The predicted octanol–water partition coefficient (Wildman–Crippen LogP) is 7.99. The Morgan fingerprint density at radius 2 is 1.59 bits per heavy atom. The fourth-order valence-electron chi connectivity index (χ4n) is 3.83. The van der Waals surface area contributed by atoms with Gasteiger partial charge < -0.3 is 10.6 Å². The lowest BCUT2D eigenvalue weighted by Crippen LogP contribution is -2.28. The first-order chi connectivity index (χ1) is 15.2. The number of alkyl halides is 3. The topological polar surface area (TPSA) is 24.1 Å². The van der Waals surface area contributed by atoms with Crippen LogP contribution in [0.5, 0.6) is 0 Å². The van der Waals surface area contributed by atoms with Gasteiger partial charge in [-0.15, -0.1) is 0 Å². The van der Waals surface area contributed by atoms with Gasteiger partial charge in [0.1, 0.15) is 0 Å². The van der Waals surface area contributed by atoms with Crippen LogP contribution in [-0.2, 0) is 6.18 Å². The summed E-state index contributed by atoms with van der Waals surface area (Å²) in [6.07, 6.45) is 3.42. The number of allylic oxidation sites excluding steroid dienone is 2. The molecule has 1 aliphatic heterocycles. The number of dihydropyridines is 1. The number of rotatable bonds is 6. The molecule has 2 aromatic carbocycles. The van der Waals surface area contributed by atoms with Crippen molar-refractivity contribution < 1.29 is 13.2 Å². The number of halogens is 3. The normalized spacial score (nSPS) is 16.7. The SMILES string of the molecule is CC1=CC(NC(C)c2ccccc2C)=CC(c2ccccc2C(F)(F)F)N1.CCCCC. The summed E-state index contributed by atoms with van der Waals surface area (Å²) < 4.78 is 40.2. The molecule has 0 saturated heterocycles. The molecule has 0 bridgehead atoms. The lowest BCUT2D eigenvalue weighted by atomic mass is 9.96. The number of unbranched alkanes of at least 4 members (excludes halogenated alkanes) is 2. The van der Waals surface area contributed by atoms with Gasteiger partial charge in [0.15, 0.2) is 0 Å². The van der Waals surface area contributed by atoms with Crippen LogP contribution < -0.4 is 10.6 Å². The summed E-state index contributed by atoms with van der Waals surface area (Å²) in [6, 6.07) is 13.3. The molecule has 3 rings (SSSR count). The third-order valence-corrected chi connectivity index (χ3v) is 5.45. The molecule has 32 heavy (non-hydrogen) atoms. The summed E-state index contributed by atoms with van der Waals surface area (Å²) in [5, 5.41) is 6.57. The van der Waals surface area contributed by atoms with Crippen molar-refractivity contribution in [3.8, 4) is 0 Å². The van der Waals surface area contributed by atoms with E-state index in [2.05, 4.69) is 30.5 Å². The zero-order valence-electron chi connectivity index (χ0n) is 19.7. The molecular weight excluding hydrogens is 409 g/mol. The maximum absolute atomic E-state index is 13.4. The van der Waals surface area contributed by atoms with Gasteiger partial charge in [-0.05, 0) is 55.7 Å². The fourth-order valence-corrected chi connectivity index (χ4v) is 3.83. The Hall–Kier alpha value is -2.69. The minimum atomic E-state index is -4.39. The van der Waals surface area contributed by atoms with Crippen molar-refractivity contribution in [2.45, 2.75) is 72.1 Å². The molecule has 2 N–H and O–H groups in total. The smallest absolute Gasteiger partial charge is 0.379 e. The van der Waals surface area contributed by atoms with E-state index in [1.54, 1.807) is 6.07 Å². The summed E-state index contributed by atoms with van der Waals surface area (Å²) in [6.45, 7) is 10.4. The molecule has 0 saturated carbocycles. The highest BCUT2D eigenvalue weighted by Gasteiger charge is 2.35. The summed E-state index contributed by atoms with van der Waals surface area (Å²) in [4.78, 5) is 0. The number of hydrogen-bond donors (Lipinski definition) is 2. The maximum Gasteiger partial charge on any atom is 0.416 e. The minimum Gasteiger partial charge on any atom is -0.379 e. The number of nitrogens with one attached hydrogen (secondary N) is 2. The van der Waals surface area contributed by atoms with Gasteiger partial charge in [-0.1, -0.05) is 75.6 Å². The van der Waals surface area contributed by atoms with Crippen molar-refractivity contribution in [3.63, 3.8) is 0 Å². The summed E-state index contributed by atoms with van der Waals surface area (Å²) >= 11 is 0. The van der Waals surface area contributed by atoms with Crippen molar-refractivity contribution in [2.24, 2.45) is 0 Å². The Labute approximate surface area is 190 Å². The van der Waals surface area contributed by atoms with E-state index >= 15 is 0 Å². The molecule has 0 aromatic heterocycles. The summed E-state index contributed by atoms with van der Waals surface area (Å²) in [5.41, 5.74) is 3.57. The highest BCUT2D eigenvalue weighted by molar-refractivity contribution is 5.40. The van der Waals surface area contributed by atoms with E-state index < -0.39 is 17.8 Å². The molecule has 0 aliphatic carbocycles. The van der Waals surface area contributed by atoms with E-state index in [1.165, 1.54) is 37.0 Å². The highest BCUT2D eigenvalue weighted by Crippen LogP contribution is 2.36. The molecule has 2 unspecified atom stereocenters. The molecule has 1 aliphatic rings. The van der Waals surface area contributed by atoms with Crippen LogP contribution in [0.3, 0.4) is 0 Å². The second-order valence-electron chi connectivity index (χ2n) is 8.23. The van der Waals surface area contributed by atoms with Crippen molar-refractivity contribution in [1.82, 2.24) is 10.6 Å². The van der Waals surface area contributed by atoms with E-state index in [-0.39, 0.29) is 11.6 Å². The van der Waals surface area contributed by atoms with Gasteiger partial charge in [0.05, 0.1) is 11.6 Å². The number of aryl methyl sites for hydroxylation is 1. The molecule has 174 valence electrons. The van der Waals surface area contributed by atoms with Crippen molar-refractivity contribution in [1.29, 1.82) is 0 Å². The maximum atomic E-state index is 13.4. The zero-order chi connectivity index (χ0) is 23.7. The van der Waals surface area contributed by atoms with Gasteiger partial charge in [-0.2, -0.15) is 13.2 Å². The Morgan fingerprint density at radius 3 is 2.19 bits per heavy atom.